The zero-order valence-corrected chi connectivity index (χ0v) is 6.86. The van der Waals surface area contributed by atoms with Gasteiger partial charge in [-0.15, -0.1) is 0 Å². The fourth-order valence-electron chi connectivity index (χ4n) is 1.61. The molecule has 66 valence electrons. The molecule has 0 bridgehead atoms. The lowest BCUT2D eigenvalue weighted by atomic mass is 9.86. The monoisotopic (exact) mass is 160 g/mol. The van der Waals surface area contributed by atoms with Crippen LogP contribution in [0.4, 0.5) is 0 Å². The van der Waals surface area contributed by atoms with Crippen molar-refractivity contribution >= 4 is 0 Å². The lowest BCUT2D eigenvalue weighted by Gasteiger charge is -2.31. The number of ether oxygens (including phenoxy) is 1. The van der Waals surface area contributed by atoms with Gasteiger partial charge in [0, 0.05) is 13.7 Å². The number of aliphatic hydroxyl groups is 2. The van der Waals surface area contributed by atoms with E-state index in [0.29, 0.717) is 5.92 Å². The second-order valence-corrected chi connectivity index (χ2v) is 3.20. The zero-order valence-electron chi connectivity index (χ0n) is 6.86. The summed E-state index contributed by atoms with van der Waals surface area (Å²) in [7, 11) is 1.60. The van der Waals surface area contributed by atoms with Gasteiger partial charge in [-0.3, -0.25) is 0 Å². The van der Waals surface area contributed by atoms with Crippen LogP contribution in [0, 0.1) is 5.92 Å². The Bertz CT molecular complexity index is 116. The minimum Gasteiger partial charge on any atom is -0.396 e. The van der Waals surface area contributed by atoms with E-state index in [0.717, 1.165) is 19.3 Å². The molecule has 3 atom stereocenters. The van der Waals surface area contributed by atoms with Crippen molar-refractivity contribution < 1.29 is 14.9 Å². The summed E-state index contributed by atoms with van der Waals surface area (Å²) in [4.78, 5) is 0. The van der Waals surface area contributed by atoms with Gasteiger partial charge in [0.05, 0.1) is 12.2 Å². The molecule has 0 heterocycles. The molecule has 1 rings (SSSR count). The topological polar surface area (TPSA) is 49.7 Å². The predicted molar refractivity (Wildman–Crippen MR) is 41.2 cm³/mol. The normalized spacial score (nSPS) is 39.0. The van der Waals surface area contributed by atoms with Crippen LogP contribution >= 0.6 is 0 Å². The fourth-order valence-corrected chi connectivity index (χ4v) is 1.61. The van der Waals surface area contributed by atoms with Crippen LogP contribution in [-0.4, -0.2) is 36.1 Å². The fraction of sp³-hybridized carbons (Fsp3) is 1.00. The minimum atomic E-state index is -0.331. The number of hydrogen-bond donors (Lipinski definition) is 2. The van der Waals surface area contributed by atoms with E-state index in [4.69, 9.17) is 9.84 Å². The van der Waals surface area contributed by atoms with Crippen LogP contribution in [0.5, 0.6) is 0 Å². The van der Waals surface area contributed by atoms with Gasteiger partial charge in [-0.2, -0.15) is 0 Å². The Morgan fingerprint density at radius 3 is 2.73 bits per heavy atom. The van der Waals surface area contributed by atoms with Crippen LogP contribution in [0.25, 0.3) is 0 Å². The van der Waals surface area contributed by atoms with Crippen molar-refractivity contribution in [2.45, 2.75) is 31.5 Å². The van der Waals surface area contributed by atoms with Crippen molar-refractivity contribution in [2.75, 3.05) is 13.7 Å². The molecule has 3 heteroatoms. The van der Waals surface area contributed by atoms with Gasteiger partial charge >= 0.3 is 0 Å². The van der Waals surface area contributed by atoms with Crippen molar-refractivity contribution in [3.8, 4) is 0 Å². The van der Waals surface area contributed by atoms with Crippen LogP contribution in [-0.2, 0) is 4.74 Å². The molecule has 0 radical (unpaired) electrons. The van der Waals surface area contributed by atoms with Gasteiger partial charge < -0.3 is 14.9 Å². The van der Waals surface area contributed by atoms with E-state index in [2.05, 4.69) is 0 Å². The lowest BCUT2D eigenvalue weighted by Crippen LogP contribution is -2.36. The molecule has 0 aromatic carbocycles. The van der Waals surface area contributed by atoms with Crippen molar-refractivity contribution in [2.24, 2.45) is 5.92 Å². The first-order valence-corrected chi connectivity index (χ1v) is 4.09. The Kier molecular flexibility index (Phi) is 3.30. The van der Waals surface area contributed by atoms with Crippen LogP contribution in [0.3, 0.4) is 0 Å². The molecule has 0 aromatic heterocycles. The highest BCUT2D eigenvalue weighted by atomic mass is 16.5. The van der Waals surface area contributed by atoms with Gasteiger partial charge in [0.15, 0.2) is 0 Å². The largest absolute Gasteiger partial charge is 0.396 e. The maximum absolute atomic E-state index is 9.38. The van der Waals surface area contributed by atoms with E-state index in [9.17, 15) is 5.11 Å². The molecule has 0 amide bonds. The Morgan fingerprint density at radius 1 is 1.45 bits per heavy atom. The van der Waals surface area contributed by atoms with Crippen LogP contribution < -0.4 is 0 Å². The average molecular weight is 160 g/mol. The summed E-state index contributed by atoms with van der Waals surface area (Å²) in [5.41, 5.74) is 0. The maximum Gasteiger partial charge on any atom is 0.0833 e. The lowest BCUT2D eigenvalue weighted by molar-refractivity contribution is -0.0566. The summed E-state index contributed by atoms with van der Waals surface area (Å²) in [5, 5.41) is 18.2. The van der Waals surface area contributed by atoms with Crippen molar-refractivity contribution in [1.82, 2.24) is 0 Å². The van der Waals surface area contributed by atoms with Crippen molar-refractivity contribution in [1.29, 1.82) is 0 Å². The quantitative estimate of drug-likeness (QED) is 0.604. The Morgan fingerprint density at radius 2 is 2.18 bits per heavy atom. The van der Waals surface area contributed by atoms with Gasteiger partial charge in [-0.25, -0.2) is 0 Å². The molecular formula is C8H16O3. The second-order valence-electron chi connectivity index (χ2n) is 3.20. The van der Waals surface area contributed by atoms with E-state index in [1.54, 1.807) is 7.11 Å². The Hall–Kier alpha value is -0.120. The molecule has 0 aromatic rings. The van der Waals surface area contributed by atoms with E-state index < -0.39 is 0 Å². The third-order valence-electron chi connectivity index (χ3n) is 2.43. The minimum absolute atomic E-state index is 0.0686. The highest BCUT2D eigenvalue weighted by Gasteiger charge is 2.28. The number of aliphatic hydroxyl groups excluding tert-OH is 2. The Labute approximate surface area is 67.0 Å². The summed E-state index contributed by atoms with van der Waals surface area (Å²) in [6, 6.07) is 0. The third-order valence-corrected chi connectivity index (χ3v) is 2.43. The summed E-state index contributed by atoms with van der Waals surface area (Å²) in [6.45, 7) is 0.215. The highest BCUT2D eigenvalue weighted by molar-refractivity contribution is 4.79. The number of rotatable bonds is 2. The SMILES string of the molecule is CO[C@@H]1C[C@H](CO)CC[C@H]1O. The average Bonchev–Trinajstić information content (AvgIpc) is 2.05. The number of methoxy groups -OCH3 is 1. The summed E-state index contributed by atoms with van der Waals surface area (Å²) >= 11 is 0. The van der Waals surface area contributed by atoms with Crippen LogP contribution in [0.2, 0.25) is 0 Å². The van der Waals surface area contributed by atoms with E-state index in [1.165, 1.54) is 0 Å². The summed E-state index contributed by atoms with van der Waals surface area (Å²) < 4.78 is 5.07. The Balaban J connectivity index is 2.37. The smallest absolute Gasteiger partial charge is 0.0833 e. The molecule has 0 aliphatic heterocycles. The predicted octanol–water partition coefficient (Wildman–Crippen LogP) is 0.155. The molecule has 1 fully saturated rings. The second kappa shape index (κ2) is 4.04. The van der Waals surface area contributed by atoms with Crippen LogP contribution in [0.1, 0.15) is 19.3 Å². The molecule has 2 N–H and O–H groups in total. The molecule has 0 saturated heterocycles. The summed E-state index contributed by atoms with van der Waals surface area (Å²) in [5.74, 6) is 0.323. The van der Waals surface area contributed by atoms with Gasteiger partial charge in [-0.1, -0.05) is 0 Å². The summed E-state index contributed by atoms with van der Waals surface area (Å²) in [6.07, 6.45) is 2.05. The molecule has 0 spiro atoms. The van der Waals surface area contributed by atoms with E-state index in [-0.39, 0.29) is 18.8 Å². The molecule has 1 aliphatic rings. The molecular weight excluding hydrogens is 144 g/mol. The third kappa shape index (κ3) is 2.15. The van der Waals surface area contributed by atoms with Crippen molar-refractivity contribution in [3.05, 3.63) is 0 Å². The van der Waals surface area contributed by atoms with Gasteiger partial charge in [0.25, 0.3) is 0 Å². The van der Waals surface area contributed by atoms with Crippen LogP contribution in [0.15, 0.2) is 0 Å². The molecule has 11 heavy (non-hydrogen) atoms. The van der Waals surface area contributed by atoms with E-state index in [1.807, 2.05) is 0 Å². The first kappa shape index (κ1) is 8.97. The molecule has 1 saturated carbocycles. The molecule has 3 nitrogen and oxygen atoms in total. The molecule has 0 unspecified atom stereocenters. The highest BCUT2D eigenvalue weighted by Crippen LogP contribution is 2.25. The van der Waals surface area contributed by atoms with Gasteiger partial charge in [0.1, 0.15) is 0 Å². The van der Waals surface area contributed by atoms with E-state index >= 15 is 0 Å². The first-order chi connectivity index (χ1) is 5.27. The molecule has 1 aliphatic carbocycles. The zero-order chi connectivity index (χ0) is 8.27. The number of hydrogen-bond acceptors (Lipinski definition) is 3. The maximum atomic E-state index is 9.38. The standard InChI is InChI=1S/C8H16O3/c1-11-8-4-6(5-9)2-3-7(8)10/h6-10H,2-5H2,1H3/t6-,7-,8-/m1/s1. The van der Waals surface area contributed by atoms with Crippen molar-refractivity contribution in [3.63, 3.8) is 0 Å². The van der Waals surface area contributed by atoms with Gasteiger partial charge in [0.2, 0.25) is 0 Å². The first-order valence-electron chi connectivity index (χ1n) is 4.09. The van der Waals surface area contributed by atoms with Gasteiger partial charge in [-0.05, 0) is 25.2 Å².